The van der Waals surface area contributed by atoms with Crippen molar-refractivity contribution in [3.8, 4) is 0 Å². The topological polar surface area (TPSA) is 38.7 Å². The normalized spacial score (nSPS) is 35.9. The van der Waals surface area contributed by atoms with E-state index < -0.39 is 11.9 Å². The average molecular weight is 250 g/mol. The van der Waals surface area contributed by atoms with Gasteiger partial charge < -0.3 is 14.6 Å². The van der Waals surface area contributed by atoms with E-state index in [0.29, 0.717) is 6.61 Å². The molecule has 3 nitrogen and oxygen atoms in total. The lowest BCUT2D eigenvalue weighted by molar-refractivity contribution is -0.191. The fourth-order valence-electron chi connectivity index (χ4n) is 2.48. The Bertz CT molecular complexity index is 379. The molecule has 100 valence electrons. The Morgan fingerprint density at radius 1 is 1.33 bits per heavy atom. The number of hydrogen-bond donors (Lipinski definition) is 1. The van der Waals surface area contributed by atoms with Crippen LogP contribution in [-0.4, -0.2) is 23.1 Å². The van der Waals surface area contributed by atoms with Crippen LogP contribution in [0.5, 0.6) is 0 Å². The molecule has 1 aliphatic heterocycles. The zero-order chi connectivity index (χ0) is 13.2. The van der Waals surface area contributed by atoms with E-state index in [2.05, 4.69) is 13.8 Å². The zero-order valence-electron chi connectivity index (χ0n) is 11.3. The molecule has 1 saturated heterocycles. The second kappa shape index (κ2) is 5.39. The predicted octanol–water partition coefficient (Wildman–Crippen LogP) is 2.73. The molecule has 1 fully saturated rings. The van der Waals surface area contributed by atoms with Crippen molar-refractivity contribution in [2.24, 2.45) is 5.92 Å². The molecule has 1 aliphatic rings. The second-order valence-electron chi connectivity index (χ2n) is 5.18. The lowest BCUT2D eigenvalue weighted by atomic mass is 9.87. The van der Waals surface area contributed by atoms with Gasteiger partial charge in [-0.25, -0.2) is 0 Å². The van der Waals surface area contributed by atoms with E-state index in [1.54, 1.807) is 0 Å². The Hall–Kier alpha value is -0.900. The number of aliphatic hydroxyl groups excluding tert-OH is 1. The van der Waals surface area contributed by atoms with Gasteiger partial charge in [-0.15, -0.1) is 0 Å². The molecule has 0 radical (unpaired) electrons. The molecule has 0 amide bonds. The molecule has 0 bridgehead atoms. The third-order valence-electron chi connectivity index (χ3n) is 4.05. The lowest BCUT2D eigenvalue weighted by Gasteiger charge is -2.31. The van der Waals surface area contributed by atoms with Crippen LogP contribution in [0, 0.1) is 5.92 Å². The van der Waals surface area contributed by atoms with Crippen LogP contribution < -0.4 is 0 Å². The zero-order valence-corrected chi connectivity index (χ0v) is 11.3. The van der Waals surface area contributed by atoms with Gasteiger partial charge in [0.1, 0.15) is 5.60 Å². The Morgan fingerprint density at radius 2 is 2.00 bits per heavy atom. The summed E-state index contributed by atoms with van der Waals surface area (Å²) in [5, 5.41) is 10.1. The Kier molecular flexibility index (Phi) is 4.05. The van der Waals surface area contributed by atoms with Gasteiger partial charge in [-0.1, -0.05) is 44.2 Å². The summed E-state index contributed by atoms with van der Waals surface area (Å²) in [7, 11) is 0. The maximum atomic E-state index is 10.1. The summed E-state index contributed by atoms with van der Waals surface area (Å²) in [6.07, 6.45) is 0.115. The van der Waals surface area contributed by atoms with Crippen molar-refractivity contribution < 1.29 is 14.6 Å². The van der Waals surface area contributed by atoms with Gasteiger partial charge in [0.2, 0.25) is 0 Å². The molecule has 1 unspecified atom stereocenters. The number of aliphatic hydroxyl groups is 1. The molecule has 1 N–H and O–H groups in total. The molecule has 4 atom stereocenters. The SMILES string of the molecule is CC[C@H]1OC(O)[C@](C)(OCc2ccccc2)[C@@H]1C. The van der Waals surface area contributed by atoms with E-state index in [9.17, 15) is 5.11 Å². The molecular formula is C15H22O3. The van der Waals surface area contributed by atoms with Crippen molar-refractivity contribution in [3.05, 3.63) is 35.9 Å². The van der Waals surface area contributed by atoms with Crippen LogP contribution in [-0.2, 0) is 16.1 Å². The number of rotatable bonds is 4. The van der Waals surface area contributed by atoms with Crippen molar-refractivity contribution in [2.45, 2.75) is 51.8 Å². The second-order valence-corrected chi connectivity index (χ2v) is 5.18. The third-order valence-corrected chi connectivity index (χ3v) is 4.05. The fraction of sp³-hybridized carbons (Fsp3) is 0.600. The van der Waals surface area contributed by atoms with Gasteiger partial charge in [0, 0.05) is 5.92 Å². The molecule has 2 rings (SSSR count). The van der Waals surface area contributed by atoms with Gasteiger partial charge in [-0.3, -0.25) is 0 Å². The molecule has 3 heteroatoms. The molecule has 18 heavy (non-hydrogen) atoms. The van der Waals surface area contributed by atoms with Crippen LogP contribution in [0.15, 0.2) is 30.3 Å². The van der Waals surface area contributed by atoms with E-state index in [1.807, 2.05) is 37.3 Å². The predicted molar refractivity (Wildman–Crippen MR) is 70.0 cm³/mol. The summed E-state index contributed by atoms with van der Waals surface area (Å²) in [4.78, 5) is 0. The van der Waals surface area contributed by atoms with Crippen molar-refractivity contribution in [3.63, 3.8) is 0 Å². The molecule has 1 aromatic rings. The Balaban J connectivity index is 2.03. The van der Waals surface area contributed by atoms with Crippen molar-refractivity contribution in [1.82, 2.24) is 0 Å². The summed E-state index contributed by atoms with van der Waals surface area (Å²) in [5.74, 6) is 0.182. The largest absolute Gasteiger partial charge is 0.366 e. The Labute approximate surface area is 109 Å². The van der Waals surface area contributed by atoms with Crippen LogP contribution in [0.4, 0.5) is 0 Å². The monoisotopic (exact) mass is 250 g/mol. The summed E-state index contributed by atoms with van der Waals surface area (Å²) < 4.78 is 11.5. The van der Waals surface area contributed by atoms with Crippen molar-refractivity contribution in [1.29, 1.82) is 0 Å². The van der Waals surface area contributed by atoms with E-state index in [4.69, 9.17) is 9.47 Å². The number of benzene rings is 1. The number of ether oxygens (including phenoxy) is 2. The van der Waals surface area contributed by atoms with Gasteiger partial charge in [0.15, 0.2) is 6.29 Å². The average Bonchev–Trinajstić information content (AvgIpc) is 2.62. The maximum Gasteiger partial charge on any atom is 0.184 e. The van der Waals surface area contributed by atoms with Gasteiger partial charge in [-0.05, 0) is 18.9 Å². The molecule has 0 saturated carbocycles. The highest BCUT2D eigenvalue weighted by Crippen LogP contribution is 2.39. The molecule has 1 aromatic carbocycles. The smallest absolute Gasteiger partial charge is 0.184 e. The first-order valence-corrected chi connectivity index (χ1v) is 6.59. The van der Waals surface area contributed by atoms with Crippen LogP contribution in [0.25, 0.3) is 0 Å². The van der Waals surface area contributed by atoms with Crippen LogP contribution in [0.1, 0.15) is 32.8 Å². The molecule has 0 aromatic heterocycles. The highest BCUT2D eigenvalue weighted by molar-refractivity contribution is 5.13. The van der Waals surface area contributed by atoms with Gasteiger partial charge in [-0.2, -0.15) is 0 Å². The first-order chi connectivity index (χ1) is 8.58. The minimum atomic E-state index is -0.846. The summed E-state index contributed by atoms with van der Waals surface area (Å²) in [6, 6.07) is 10.00. The summed E-state index contributed by atoms with van der Waals surface area (Å²) in [5.41, 5.74) is 0.481. The number of hydrogen-bond acceptors (Lipinski definition) is 3. The van der Waals surface area contributed by atoms with Crippen LogP contribution in [0.2, 0.25) is 0 Å². The highest BCUT2D eigenvalue weighted by atomic mass is 16.7. The third kappa shape index (κ3) is 2.44. The quantitative estimate of drug-likeness (QED) is 0.893. The minimum absolute atomic E-state index is 0.0702. The first kappa shape index (κ1) is 13.5. The van der Waals surface area contributed by atoms with E-state index in [-0.39, 0.29) is 12.0 Å². The van der Waals surface area contributed by atoms with E-state index >= 15 is 0 Å². The van der Waals surface area contributed by atoms with E-state index in [0.717, 1.165) is 12.0 Å². The lowest BCUT2D eigenvalue weighted by Crippen LogP contribution is -2.43. The standard InChI is InChI=1S/C15H22O3/c1-4-13-11(2)15(3,14(16)18-13)17-10-12-8-6-5-7-9-12/h5-9,11,13-14,16H,4,10H2,1-3H3/t11-,13-,14?,15-/m1/s1. The molecule has 1 heterocycles. The van der Waals surface area contributed by atoms with Crippen LogP contribution >= 0.6 is 0 Å². The fourth-order valence-corrected chi connectivity index (χ4v) is 2.48. The van der Waals surface area contributed by atoms with E-state index in [1.165, 1.54) is 0 Å². The minimum Gasteiger partial charge on any atom is -0.366 e. The highest BCUT2D eigenvalue weighted by Gasteiger charge is 2.51. The molecular weight excluding hydrogens is 228 g/mol. The van der Waals surface area contributed by atoms with Crippen molar-refractivity contribution in [2.75, 3.05) is 0 Å². The summed E-state index contributed by atoms with van der Waals surface area (Å²) in [6.45, 7) is 6.58. The van der Waals surface area contributed by atoms with Crippen LogP contribution in [0.3, 0.4) is 0 Å². The maximum absolute atomic E-state index is 10.1. The van der Waals surface area contributed by atoms with Crippen molar-refractivity contribution >= 4 is 0 Å². The Morgan fingerprint density at radius 3 is 2.56 bits per heavy atom. The molecule has 0 spiro atoms. The van der Waals surface area contributed by atoms with Gasteiger partial charge in [0.25, 0.3) is 0 Å². The van der Waals surface area contributed by atoms with Gasteiger partial charge in [0.05, 0.1) is 12.7 Å². The van der Waals surface area contributed by atoms with Gasteiger partial charge >= 0.3 is 0 Å². The first-order valence-electron chi connectivity index (χ1n) is 6.59. The summed E-state index contributed by atoms with van der Waals surface area (Å²) >= 11 is 0. The molecule has 0 aliphatic carbocycles.